The number of nitrogens with zero attached hydrogens (tertiary/aromatic N) is 5. The topological polar surface area (TPSA) is 127 Å². The van der Waals surface area contributed by atoms with Gasteiger partial charge in [-0.05, 0) is 63.2 Å². The van der Waals surface area contributed by atoms with E-state index >= 15 is 0 Å². The fraction of sp³-hybridized carbons (Fsp3) is 0.364. The van der Waals surface area contributed by atoms with Crippen LogP contribution in [-0.4, -0.2) is 49.6 Å². The molecule has 0 saturated carbocycles. The van der Waals surface area contributed by atoms with Crippen molar-refractivity contribution in [2.75, 3.05) is 31.1 Å². The van der Waals surface area contributed by atoms with Crippen molar-refractivity contribution in [2.45, 2.75) is 32.1 Å². The van der Waals surface area contributed by atoms with Gasteiger partial charge in [0.25, 0.3) is 0 Å². The van der Waals surface area contributed by atoms with E-state index in [-0.39, 0.29) is 34.7 Å². The number of likely N-dealkylation sites (tertiary alicyclic amines) is 1. The monoisotopic (exact) mass is 423 g/mol. The van der Waals surface area contributed by atoms with E-state index in [0.29, 0.717) is 11.4 Å². The normalized spacial score (nSPS) is 15.3. The van der Waals surface area contributed by atoms with E-state index in [1.54, 1.807) is 0 Å². The maximum Gasteiger partial charge on any atom is 0.220 e. The second-order valence-corrected chi connectivity index (χ2v) is 7.77. The van der Waals surface area contributed by atoms with Crippen molar-refractivity contribution in [3.05, 3.63) is 42.0 Å². The molecule has 0 bridgehead atoms. The van der Waals surface area contributed by atoms with Crippen LogP contribution in [0.4, 0.5) is 16.2 Å². The number of pyridine rings is 2. The molecule has 1 aliphatic heterocycles. The zero-order valence-electron chi connectivity index (χ0n) is 17.4. The predicted molar refractivity (Wildman–Crippen MR) is 118 cm³/mol. The third-order valence-corrected chi connectivity index (χ3v) is 5.62. The van der Waals surface area contributed by atoms with Gasteiger partial charge in [-0.2, -0.15) is 0 Å². The number of nitrogen functional groups attached to an aromatic ring is 2. The Hall–Kier alpha value is -3.33. The first-order valence-corrected chi connectivity index (χ1v) is 10.4. The number of hydrogen-bond donors (Lipinski definition) is 3. The minimum absolute atomic E-state index is 0.0759. The molecule has 9 heteroatoms. The van der Waals surface area contributed by atoms with Crippen molar-refractivity contribution in [1.29, 1.82) is 0 Å². The molecule has 31 heavy (non-hydrogen) atoms. The van der Waals surface area contributed by atoms with Crippen LogP contribution < -0.4 is 11.5 Å². The van der Waals surface area contributed by atoms with Crippen LogP contribution >= 0.6 is 0 Å². The minimum Gasteiger partial charge on any atom is -0.506 e. The largest absolute Gasteiger partial charge is 0.506 e. The van der Waals surface area contributed by atoms with Gasteiger partial charge in [0.15, 0.2) is 11.6 Å². The van der Waals surface area contributed by atoms with Crippen LogP contribution in [0, 0.1) is 5.82 Å². The first-order chi connectivity index (χ1) is 15.0. The lowest BCUT2D eigenvalue weighted by atomic mass is 9.92. The Bertz CT molecular complexity index is 1080. The molecular formula is C22H26FN7O. The first-order valence-electron chi connectivity index (χ1n) is 10.4. The molecule has 4 heterocycles. The van der Waals surface area contributed by atoms with Gasteiger partial charge >= 0.3 is 0 Å². The van der Waals surface area contributed by atoms with Gasteiger partial charge in [-0.15, -0.1) is 0 Å². The number of nitrogens with two attached hydrogens (primary N) is 2. The molecule has 4 rings (SSSR count). The number of hydrogen-bond acceptors (Lipinski definition) is 8. The predicted octanol–water partition coefficient (Wildman–Crippen LogP) is 3.20. The van der Waals surface area contributed by atoms with E-state index in [4.69, 9.17) is 11.5 Å². The first kappa shape index (κ1) is 20.9. The van der Waals surface area contributed by atoms with Crippen LogP contribution in [0.5, 0.6) is 5.75 Å². The third kappa shape index (κ3) is 4.41. The highest BCUT2D eigenvalue weighted by Gasteiger charge is 2.23. The molecule has 0 aliphatic carbocycles. The Balaban J connectivity index is 1.68. The number of aromatic hydroxyl groups is 1. The summed E-state index contributed by atoms with van der Waals surface area (Å²) in [6.07, 6.45) is 4.52. The number of halogens is 1. The van der Waals surface area contributed by atoms with E-state index in [2.05, 4.69) is 31.8 Å². The number of piperidine rings is 1. The molecule has 8 nitrogen and oxygen atoms in total. The molecule has 1 aliphatic rings. The standard InChI is InChI=1S/C22H26FN7O/c1-2-9-30-10-6-13(7-11-30)16-12-17(29-22(25)28-16)20-18(31)4-3-15(27-20)14-5-8-26-21(24)19(14)23/h3-5,8,12-13,31H,2,6-7,9-11H2,1H3,(H2,24,26)(H2,25,28,29). The van der Waals surface area contributed by atoms with Crippen molar-refractivity contribution in [3.8, 4) is 28.4 Å². The molecule has 162 valence electrons. The van der Waals surface area contributed by atoms with E-state index in [1.807, 2.05) is 6.07 Å². The molecule has 0 spiro atoms. The second-order valence-electron chi connectivity index (χ2n) is 7.77. The number of anilines is 2. The van der Waals surface area contributed by atoms with E-state index in [9.17, 15) is 9.50 Å². The summed E-state index contributed by atoms with van der Waals surface area (Å²) in [6.45, 7) is 5.31. The summed E-state index contributed by atoms with van der Waals surface area (Å²) in [5.41, 5.74) is 13.5. The molecule has 0 atom stereocenters. The van der Waals surface area contributed by atoms with Crippen LogP contribution in [0.15, 0.2) is 30.5 Å². The van der Waals surface area contributed by atoms with E-state index in [1.165, 1.54) is 24.4 Å². The lowest BCUT2D eigenvalue weighted by Crippen LogP contribution is -2.33. The molecule has 5 N–H and O–H groups in total. The quantitative estimate of drug-likeness (QED) is 0.571. The SMILES string of the molecule is CCCN1CCC(c2cc(-c3nc(-c4ccnc(N)c4F)ccc3O)nc(N)n2)CC1. The van der Waals surface area contributed by atoms with Gasteiger partial charge in [0.05, 0.1) is 11.4 Å². The van der Waals surface area contributed by atoms with Crippen molar-refractivity contribution < 1.29 is 9.50 Å². The van der Waals surface area contributed by atoms with E-state index < -0.39 is 5.82 Å². The number of rotatable bonds is 5. The minimum atomic E-state index is -0.659. The molecule has 3 aromatic heterocycles. The van der Waals surface area contributed by atoms with Crippen molar-refractivity contribution in [1.82, 2.24) is 24.8 Å². The average molecular weight is 423 g/mol. The van der Waals surface area contributed by atoms with E-state index in [0.717, 1.165) is 44.6 Å². The zero-order chi connectivity index (χ0) is 22.0. The Morgan fingerprint density at radius 1 is 1.10 bits per heavy atom. The number of aromatic nitrogens is 4. The lowest BCUT2D eigenvalue weighted by molar-refractivity contribution is 0.211. The van der Waals surface area contributed by atoms with Crippen molar-refractivity contribution in [3.63, 3.8) is 0 Å². The summed E-state index contributed by atoms with van der Waals surface area (Å²) in [5, 5.41) is 10.4. The fourth-order valence-electron chi connectivity index (χ4n) is 4.03. The highest BCUT2D eigenvalue weighted by molar-refractivity contribution is 5.70. The summed E-state index contributed by atoms with van der Waals surface area (Å²) in [6, 6.07) is 6.28. The van der Waals surface area contributed by atoms with Gasteiger partial charge in [-0.25, -0.2) is 24.3 Å². The fourth-order valence-corrected chi connectivity index (χ4v) is 4.03. The van der Waals surface area contributed by atoms with Crippen LogP contribution in [0.1, 0.15) is 37.8 Å². The molecule has 1 saturated heterocycles. The Morgan fingerprint density at radius 3 is 2.61 bits per heavy atom. The summed E-state index contributed by atoms with van der Waals surface area (Å²) in [5.74, 6) is -0.562. The van der Waals surface area contributed by atoms with Gasteiger partial charge < -0.3 is 21.5 Å². The molecule has 0 aromatic carbocycles. The Morgan fingerprint density at radius 2 is 1.87 bits per heavy atom. The van der Waals surface area contributed by atoms with Crippen molar-refractivity contribution >= 4 is 11.8 Å². The Labute approximate surface area is 180 Å². The van der Waals surface area contributed by atoms with Crippen LogP contribution in [0.2, 0.25) is 0 Å². The van der Waals surface area contributed by atoms with Crippen molar-refractivity contribution in [2.24, 2.45) is 0 Å². The maximum atomic E-state index is 14.4. The summed E-state index contributed by atoms with van der Waals surface area (Å²) in [7, 11) is 0. The molecule has 0 amide bonds. The highest BCUT2D eigenvalue weighted by Crippen LogP contribution is 2.34. The maximum absolute atomic E-state index is 14.4. The van der Waals surface area contributed by atoms with Gasteiger partial charge in [-0.3, -0.25) is 0 Å². The second kappa shape index (κ2) is 8.81. The van der Waals surface area contributed by atoms with Crippen LogP contribution in [0.3, 0.4) is 0 Å². The van der Waals surface area contributed by atoms with Crippen LogP contribution in [0.25, 0.3) is 22.6 Å². The van der Waals surface area contributed by atoms with Gasteiger partial charge in [0.1, 0.15) is 11.4 Å². The smallest absolute Gasteiger partial charge is 0.220 e. The molecule has 0 unspecified atom stereocenters. The van der Waals surface area contributed by atoms with Gasteiger partial charge in [0, 0.05) is 23.4 Å². The average Bonchev–Trinajstić information content (AvgIpc) is 2.76. The molecule has 0 radical (unpaired) electrons. The molecular weight excluding hydrogens is 397 g/mol. The highest BCUT2D eigenvalue weighted by atomic mass is 19.1. The van der Waals surface area contributed by atoms with Gasteiger partial charge in [0.2, 0.25) is 5.95 Å². The molecule has 1 fully saturated rings. The zero-order valence-corrected chi connectivity index (χ0v) is 17.4. The molecule has 3 aromatic rings. The summed E-state index contributed by atoms with van der Waals surface area (Å²) in [4.78, 5) is 19.4. The lowest BCUT2D eigenvalue weighted by Gasteiger charge is -2.31. The summed E-state index contributed by atoms with van der Waals surface area (Å²) < 4.78 is 14.4. The summed E-state index contributed by atoms with van der Waals surface area (Å²) >= 11 is 0. The van der Waals surface area contributed by atoms with Crippen LogP contribution in [-0.2, 0) is 0 Å². The van der Waals surface area contributed by atoms with Gasteiger partial charge in [-0.1, -0.05) is 6.92 Å². The Kier molecular flexibility index (Phi) is 5.94. The third-order valence-electron chi connectivity index (χ3n) is 5.62.